The molecule has 0 radical (unpaired) electrons. The molecule has 1 amide bonds. The average Bonchev–Trinajstić information content (AvgIpc) is 2.75. The molecule has 0 saturated heterocycles. The van der Waals surface area contributed by atoms with Crippen LogP contribution >= 0.6 is 0 Å². The molecule has 0 aromatic heterocycles. The number of hydrogen-bond donors (Lipinski definition) is 1. The topological polar surface area (TPSA) is 128 Å². The molecule has 0 fully saturated rings. The Morgan fingerprint density at radius 3 is 2.45 bits per heavy atom. The average molecular weight is 480 g/mol. The zero-order valence-electron chi connectivity index (χ0n) is 19.3. The Morgan fingerprint density at radius 2 is 1.88 bits per heavy atom. The van der Waals surface area contributed by atoms with Crippen LogP contribution in [-0.2, 0) is 14.8 Å². The molecular weight excluding hydrogens is 450 g/mol. The van der Waals surface area contributed by atoms with Crippen molar-refractivity contribution in [1.29, 1.82) is 0 Å². The molecule has 2 aromatic carbocycles. The molecule has 0 aliphatic carbocycles. The van der Waals surface area contributed by atoms with E-state index in [4.69, 9.17) is 9.47 Å². The number of ether oxygens (including phenoxy) is 2. The van der Waals surface area contributed by atoms with Crippen molar-refractivity contribution in [1.82, 2.24) is 5.32 Å². The highest BCUT2D eigenvalue weighted by molar-refractivity contribution is 7.92. The number of benzene rings is 2. The highest BCUT2D eigenvalue weighted by atomic mass is 32.2. The number of aryl methyl sites for hydroxylation is 1. The molecule has 1 unspecified atom stereocenters. The van der Waals surface area contributed by atoms with Crippen LogP contribution in [0.5, 0.6) is 11.5 Å². The Labute approximate surface area is 193 Å². The first kappa shape index (κ1) is 25.9. The van der Waals surface area contributed by atoms with Gasteiger partial charge in [0.15, 0.2) is 0 Å². The SMILES string of the molecule is COc1ccc(OC)c(C(C)NC(=O)CCCN(c2cc([N+](=O)[O-])ccc2C)S(C)(=O)=O)c1. The quantitative estimate of drug-likeness (QED) is 0.387. The molecule has 0 aliphatic rings. The number of rotatable bonds is 11. The summed E-state index contributed by atoms with van der Waals surface area (Å²) in [6.07, 6.45) is 1.32. The largest absolute Gasteiger partial charge is 0.497 e. The number of methoxy groups -OCH3 is 2. The third kappa shape index (κ3) is 6.82. The molecule has 33 heavy (non-hydrogen) atoms. The van der Waals surface area contributed by atoms with E-state index in [0.717, 1.165) is 16.1 Å². The summed E-state index contributed by atoms with van der Waals surface area (Å²) in [6.45, 7) is 3.49. The lowest BCUT2D eigenvalue weighted by atomic mass is 10.1. The fourth-order valence-corrected chi connectivity index (χ4v) is 4.41. The lowest BCUT2D eigenvalue weighted by molar-refractivity contribution is -0.384. The number of anilines is 1. The Balaban J connectivity index is 2.09. The summed E-state index contributed by atoms with van der Waals surface area (Å²) >= 11 is 0. The smallest absolute Gasteiger partial charge is 0.271 e. The molecule has 1 atom stereocenters. The van der Waals surface area contributed by atoms with Crippen LogP contribution in [0.25, 0.3) is 0 Å². The standard InChI is InChI=1S/C22H29N3O7S/c1-15-8-9-17(25(27)28)13-20(15)24(33(5,29)30)12-6-7-22(26)23-16(2)19-14-18(31-3)10-11-21(19)32-4/h8-11,13-14,16H,6-7,12H2,1-5H3,(H,23,26). The van der Waals surface area contributed by atoms with Gasteiger partial charge in [0.1, 0.15) is 11.5 Å². The zero-order valence-corrected chi connectivity index (χ0v) is 20.1. The van der Waals surface area contributed by atoms with Gasteiger partial charge in [-0.1, -0.05) is 6.07 Å². The van der Waals surface area contributed by atoms with Crippen LogP contribution in [0.15, 0.2) is 36.4 Å². The summed E-state index contributed by atoms with van der Waals surface area (Å²) < 4.78 is 36.4. The number of non-ortho nitro benzene ring substituents is 1. The summed E-state index contributed by atoms with van der Waals surface area (Å²) in [5.74, 6) is 0.965. The summed E-state index contributed by atoms with van der Waals surface area (Å²) in [4.78, 5) is 23.1. The zero-order chi connectivity index (χ0) is 24.8. The normalized spacial score (nSPS) is 12.0. The molecule has 10 nitrogen and oxygen atoms in total. The maximum absolute atomic E-state index is 12.5. The minimum absolute atomic E-state index is 0.00508. The molecule has 2 aromatic rings. The molecule has 0 saturated carbocycles. The molecule has 0 heterocycles. The second-order valence-electron chi connectivity index (χ2n) is 7.56. The van der Waals surface area contributed by atoms with Crippen molar-refractivity contribution in [3.63, 3.8) is 0 Å². The minimum Gasteiger partial charge on any atom is -0.497 e. The van der Waals surface area contributed by atoms with Gasteiger partial charge in [-0.15, -0.1) is 0 Å². The predicted octanol–water partition coefficient (Wildman–Crippen LogP) is 3.34. The Morgan fingerprint density at radius 1 is 1.18 bits per heavy atom. The van der Waals surface area contributed by atoms with Crippen molar-refractivity contribution < 1.29 is 27.6 Å². The third-order valence-electron chi connectivity index (χ3n) is 5.12. The Bertz CT molecular complexity index is 1120. The first-order chi connectivity index (χ1) is 15.5. The lowest BCUT2D eigenvalue weighted by Crippen LogP contribution is -2.33. The van der Waals surface area contributed by atoms with E-state index in [1.54, 1.807) is 32.2 Å². The van der Waals surface area contributed by atoms with Gasteiger partial charge in [0.2, 0.25) is 15.9 Å². The second kappa shape index (κ2) is 11.0. The van der Waals surface area contributed by atoms with Crippen molar-refractivity contribution in [2.75, 3.05) is 31.3 Å². The summed E-state index contributed by atoms with van der Waals surface area (Å²) in [5.41, 5.74) is 1.34. The van der Waals surface area contributed by atoms with E-state index in [0.29, 0.717) is 17.1 Å². The fraction of sp³-hybridized carbons (Fsp3) is 0.409. The molecular formula is C22H29N3O7S. The molecule has 1 N–H and O–H groups in total. The monoisotopic (exact) mass is 479 g/mol. The Hall–Kier alpha value is -3.34. The number of nitro benzene ring substituents is 1. The van der Waals surface area contributed by atoms with Crippen LogP contribution in [0.1, 0.15) is 36.9 Å². The first-order valence-electron chi connectivity index (χ1n) is 10.2. The number of sulfonamides is 1. The number of nitrogens with one attached hydrogen (secondary N) is 1. The van der Waals surface area contributed by atoms with Gasteiger partial charge in [0.05, 0.1) is 37.1 Å². The molecule has 0 bridgehead atoms. The first-order valence-corrected chi connectivity index (χ1v) is 12.1. The number of carbonyl (C=O) groups is 1. The van der Waals surface area contributed by atoms with Gasteiger partial charge >= 0.3 is 0 Å². The van der Waals surface area contributed by atoms with Crippen molar-refractivity contribution in [2.24, 2.45) is 0 Å². The van der Waals surface area contributed by atoms with Crippen LogP contribution in [-0.4, -0.2) is 46.3 Å². The number of hydrogen-bond acceptors (Lipinski definition) is 7. The van der Waals surface area contributed by atoms with Gasteiger partial charge in [-0.3, -0.25) is 19.2 Å². The fourth-order valence-electron chi connectivity index (χ4n) is 3.40. The summed E-state index contributed by atoms with van der Waals surface area (Å²) in [6, 6.07) is 8.97. The molecule has 0 aliphatic heterocycles. The van der Waals surface area contributed by atoms with Crippen LogP contribution < -0.4 is 19.1 Å². The van der Waals surface area contributed by atoms with Gasteiger partial charge in [0, 0.05) is 30.7 Å². The van der Waals surface area contributed by atoms with Crippen molar-refractivity contribution in [3.05, 3.63) is 57.6 Å². The van der Waals surface area contributed by atoms with Gasteiger partial charge in [-0.2, -0.15) is 0 Å². The van der Waals surface area contributed by atoms with E-state index in [1.165, 1.54) is 25.3 Å². The van der Waals surface area contributed by atoms with Gasteiger partial charge in [0.25, 0.3) is 5.69 Å². The molecule has 180 valence electrons. The van der Waals surface area contributed by atoms with Crippen molar-refractivity contribution in [2.45, 2.75) is 32.7 Å². The second-order valence-corrected chi connectivity index (χ2v) is 9.47. The molecule has 2 rings (SSSR count). The van der Waals surface area contributed by atoms with Crippen molar-refractivity contribution >= 4 is 27.3 Å². The van der Waals surface area contributed by atoms with Crippen LogP contribution in [0, 0.1) is 17.0 Å². The molecule has 0 spiro atoms. The highest BCUT2D eigenvalue weighted by Gasteiger charge is 2.22. The van der Waals surface area contributed by atoms with E-state index in [9.17, 15) is 23.3 Å². The number of nitro groups is 1. The number of nitrogens with zero attached hydrogens (tertiary/aromatic N) is 2. The lowest BCUT2D eigenvalue weighted by Gasteiger charge is -2.24. The van der Waals surface area contributed by atoms with Gasteiger partial charge < -0.3 is 14.8 Å². The maximum Gasteiger partial charge on any atom is 0.271 e. The van der Waals surface area contributed by atoms with Crippen LogP contribution in [0.2, 0.25) is 0 Å². The molecule has 11 heteroatoms. The third-order valence-corrected chi connectivity index (χ3v) is 6.30. The summed E-state index contributed by atoms with van der Waals surface area (Å²) in [5, 5.41) is 14.0. The number of amides is 1. The van der Waals surface area contributed by atoms with E-state index < -0.39 is 14.9 Å². The minimum atomic E-state index is -3.72. The van der Waals surface area contributed by atoms with Gasteiger partial charge in [-0.05, 0) is 44.0 Å². The highest BCUT2D eigenvalue weighted by Crippen LogP contribution is 2.30. The van der Waals surface area contributed by atoms with Crippen LogP contribution in [0.4, 0.5) is 11.4 Å². The van der Waals surface area contributed by atoms with E-state index in [1.807, 2.05) is 6.92 Å². The summed E-state index contributed by atoms with van der Waals surface area (Å²) in [7, 11) is -0.631. The van der Waals surface area contributed by atoms with Crippen molar-refractivity contribution in [3.8, 4) is 11.5 Å². The predicted molar refractivity (Wildman–Crippen MR) is 125 cm³/mol. The van der Waals surface area contributed by atoms with E-state index in [2.05, 4.69) is 5.32 Å². The Kier molecular flexibility index (Phi) is 8.63. The van der Waals surface area contributed by atoms with E-state index >= 15 is 0 Å². The van der Waals surface area contributed by atoms with Crippen LogP contribution in [0.3, 0.4) is 0 Å². The van der Waals surface area contributed by atoms with Gasteiger partial charge in [-0.25, -0.2) is 8.42 Å². The maximum atomic E-state index is 12.5. The number of carbonyl (C=O) groups excluding carboxylic acids is 1. The van der Waals surface area contributed by atoms with E-state index in [-0.39, 0.29) is 42.7 Å².